The topological polar surface area (TPSA) is 80.4 Å². The Morgan fingerprint density at radius 3 is 1.90 bits per heavy atom. The molecule has 0 atom stereocenters. The zero-order valence-electron chi connectivity index (χ0n) is 9.04. The number of alkyl halides is 6. The van der Waals surface area contributed by atoms with Crippen LogP contribution in [0.15, 0.2) is 12.1 Å². The monoisotopic (exact) mass is 303 g/mol. The number of nitrogens with zero attached hydrogens (tertiary/aromatic N) is 1. The van der Waals surface area contributed by atoms with Crippen LogP contribution in [0, 0.1) is 10.1 Å². The molecule has 0 saturated heterocycles. The third-order valence-corrected chi connectivity index (χ3v) is 2.15. The lowest BCUT2D eigenvalue weighted by Gasteiger charge is -2.17. The van der Waals surface area contributed by atoms with Crippen molar-refractivity contribution in [1.29, 1.82) is 0 Å². The van der Waals surface area contributed by atoms with Crippen molar-refractivity contribution in [3.63, 3.8) is 0 Å². The summed E-state index contributed by atoms with van der Waals surface area (Å²) in [4.78, 5) is 19.6. The Bertz CT molecular complexity index is 577. The molecule has 110 valence electrons. The second-order valence-electron chi connectivity index (χ2n) is 3.47. The number of benzene rings is 1. The zero-order chi connectivity index (χ0) is 15.9. The van der Waals surface area contributed by atoms with Crippen molar-refractivity contribution in [3.05, 3.63) is 38.9 Å². The van der Waals surface area contributed by atoms with Crippen LogP contribution in [0.2, 0.25) is 0 Å². The number of nitro groups is 1. The predicted molar refractivity (Wildman–Crippen MR) is 50.1 cm³/mol. The number of hydrogen-bond donors (Lipinski definition) is 1. The van der Waals surface area contributed by atoms with E-state index in [2.05, 4.69) is 0 Å². The molecule has 0 unspecified atom stereocenters. The zero-order valence-corrected chi connectivity index (χ0v) is 9.04. The van der Waals surface area contributed by atoms with E-state index in [0.717, 1.165) is 0 Å². The minimum Gasteiger partial charge on any atom is -0.478 e. The van der Waals surface area contributed by atoms with Crippen LogP contribution in [0.4, 0.5) is 32.0 Å². The molecule has 20 heavy (non-hydrogen) atoms. The molecule has 0 amide bonds. The maximum absolute atomic E-state index is 12.6. The molecular formula is C9H3F6NO4. The number of nitro benzene ring substituents is 1. The van der Waals surface area contributed by atoms with Crippen LogP contribution in [0.1, 0.15) is 21.5 Å². The van der Waals surface area contributed by atoms with Crippen LogP contribution in [-0.2, 0) is 12.4 Å². The molecule has 5 nitrogen and oxygen atoms in total. The molecule has 0 saturated carbocycles. The number of halogens is 6. The lowest BCUT2D eigenvalue weighted by Crippen LogP contribution is -2.21. The minimum absolute atomic E-state index is 0.0691. The van der Waals surface area contributed by atoms with Gasteiger partial charge in [-0.2, -0.15) is 26.3 Å². The van der Waals surface area contributed by atoms with Gasteiger partial charge in [0.05, 0.1) is 21.6 Å². The van der Waals surface area contributed by atoms with E-state index in [9.17, 15) is 41.3 Å². The van der Waals surface area contributed by atoms with Crippen LogP contribution in [0.5, 0.6) is 0 Å². The third kappa shape index (κ3) is 2.97. The first-order valence-corrected chi connectivity index (χ1v) is 4.56. The van der Waals surface area contributed by atoms with E-state index < -0.39 is 45.6 Å². The van der Waals surface area contributed by atoms with Gasteiger partial charge in [-0.05, 0) is 0 Å². The van der Waals surface area contributed by atoms with Crippen LogP contribution >= 0.6 is 0 Å². The average molecular weight is 303 g/mol. The van der Waals surface area contributed by atoms with Crippen molar-refractivity contribution in [3.8, 4) is 0 Å². The van der Waals surface area contributed by atoms with Gasteiger partial charge in [-0.25, -0.2) is 4.79 Å². The summed E-state index contributed by atoms with van der Waals surface area (Å²) in [5, 5.41) is 18.9. The lowest BCUT2D eigenvalue weighted by atomic mass is 9.98. The molecule has 1 aromatic rings. The maximum Gasteiger partial charge on any atom is 0.417 e. The molecule has 0 aliphatic carbocycles. The molecule has 1 rings (SSSR count). The van der Waals surface area contributed by atoms with Crippen molar-refractivity contribution >= 4 is 11.7 Å². The van der Waals surface area contributed by atoms with Crippen molar-refractivity contribution in [2.45, 2.75) is 12.4 Å². The molecule has 1 aromatic carbocycles. The second kappa shape index (κ2) is 4.65. The van der Waals surface area contributed by atoms with E-state index in [1.807, 2.05) is 0 Å². The summed E-state index contributed by atoms with van der Waals surface area (Å²) in [6, 6.07) is -0.421. The van der Waals surface area contributed by atoms with Gasteiger partial charge in [-0.3, -0.25) is 10.1 Å². The fourth-order valence-electron chi connectivity index (χ4n) is 1.43. The molecule has 0 heterocycles. The van der Waals surface area contributed by atoms with E-state index in [-0.39, 0.29) is 12.1 Å². The Balaban J connectivity index is 3.87. The Morgan fingerprint density at radius 1 is 1.10 bits per heavy atom. The summed E-state index contributed by atoms with van der Waals surface area (Å²) in [6.45, 7) is 0. The molecule has 0 aliphatic heterocycles. The molecule has 0 aliphatic rings. The number of non-ortho nitro benzene ring substituents is 1. The van der Waals surface area contributed by atoms with Crippen LogP contribution in [-0.4, -0.2) is 16.0 Å². The average Bonchev–Trinajstić information content (AvgIpc) is 2.24. The molecule has 1 N–H and O–H groups in total. The number of rotatable bonds is 2. The second-order valence-corrected chi connectivity index (χ2v) is 3.47. The highest BCUT2D eigenvalue weighted by Crippen LogP contribution is 2.43. The number of aromatic carboxylic acids is 1. The lowest BCUT2D eigenvalue weighted by molar-refractivity contribution is -0.385. The summed E-state index contributed by atoms with van der Waals surface area (Å²) < 4.78 is 75.4. The van der Waals surface area contributed by atoms with Crippen molar-refractivity contribution in [2.24, 2.45) is 0 Å². The van der Waals surface area contributed by atoms with Gasteiger partial charge < -0.3 is 5.11 Å². The van der Waals surface area contributed by atoms with E-state index in [4.69, 9.17) is 5.11 Å². The van der Waals surface area contributed by atoms with Gasteiger partial charge in [-0.1, -0.05) is 0 Å². The van der Waals surface area contributed by atoms with E-state index in [1.165, 1.54) is 0 Å². The van der Waals surface area contributed by atoms with E-state index >= 15 is 0 Å². The highest BCUT2D eigenvalue weighted by Gasteiger charge is 2.47. The highest BCUT2D eigenvalue weighted by atomic mass is 19.4. The molecule has 0 bridgehead atoms. The van der Waals surface area contributed by atoms with Gasteiger partial charge in [-0.15, -0.1) is 0 Å². The van der Waals surface area contributed by atoms with Crippen LogP contribution < -0.4 is 0 Å². The smallest absolute Gasteiger partial charge is 0.417 e. The van der Waals surface area contributed by atoms with Crippen LogP contribution in [0.25, 0.3) is 0 Å². The molecule has 0 radical (unpaired) electrons. The summed E-state index contributed by atoms with van der Waals surface area (Å²) in [5.74, 6) is -2.36. The van der Waals surface area contributed by atoms with Gasteiger partial charge >= 0.3 is 18.3 Å². The number of carboxylic acids is 1. The molecule has 0 aromatic heterocycles. The number of hydrogen-bond acceptors (Lipinski definition) is 3. The Kier molecular flexibility index (Phi) is 3.66. The van der Waals surface area contributed by atoms with E-state index in [1.54, 1.807) is 0 Å². The number of carboxylic acid groups (broad SMARTS) is 1. The summed E-state index contributed by atoms with van der Waals surface area (Å²) in [7, 11) is 0. The van der Waals surface area contributed by atoms with Gasteiger partial charge in [0.15, 0.2) is 0 Å². The maximum atomic E-state index is 12.6. The first kappa shape index (κ1) is 15.7. The first-order valence-electron chi connectivity index (χ1n) is 4.56. The fourth-order valence-corrected chi connectivity index (χ4v) is 1.43. The van der Waals surface area contributed by atoms with E-state index in [0.29, 0.717) is 0 Å². The molecular weight excluding hydrogens is 300 g/mol. The van der Waals surface area contributed by atoms with Crippen LogP contribution in [0.3, 0.4) is 0 Å². The van der Waals surface area contributed by atoms with Crippen molar-refractivity contribution in [2.75, 3.05) is 0 Å². The number of carbonyl (C=O) groups is 1. The highest BCUT2D eigenvalue weighted by molar-refractivity contribution is 5.91. The summed E-state index contributed by atoms with van der Waals surface area (Å²) >= 11 is 0. The standard InChI is InChI=1S/C9H3F6NO4/c10-8(11,12)5-2-3(16(19)20)1-4(7(17)18)6(5)9(13,14)15/h1-2H,(H,17,18). The van der Waals surface area contributed by atoms with Gasteiger partial charge in [0, 0.05) is 12.1 Å². The fraction of sp³-hybridized carbons (Fsp3) is 0.222. The summed E-state index contributed by atoms with van der Waals surface area (Å²) in [6.07, 6.45) is -11.2. The van der Waals surface area contributed by atoms with Crippen molar-refractivity contribution < 1.29 is 41.2 Å². The third-order valence-electron chi connectivity index (χ3n) is 2.15. The minimum atomic E-state index is -5.63. The van der Waals surface area contributed by atoms with Gasteiger partial charge in [0.1, 0.15) is 0 Å². The predicted octanol–water partition coefficient (Wildman–Crippen LogP) is 3.33. The van der Waals surface area contributed by atoms with Gasteiger partial charge in [0.2, 0.25) is 0 Å². The summed E-state index contributed by atoms with van der Waals surface area (Å²) in [5.41, 5.74) is -8.12. The SMILES string of the molecule is O=C(O)c1cc([N+](=O)[O-])cc(C(F)(F)F)c1C(F)(F)F. The largest absolute Gasteiger partial charge is 0.478 e. The molecule has 0 spiro atoms. The molecule has 0 fully saturated rings. The van der Waals surface area contributed by atoms with Crippen molar-refractivity contribution in [1.82, 2.24) is 0 Å². The van der Waals surface area contributed by atoms with Gasteiger partial charge in [0.25, 0.3) is 5.69 Å². The Hall–Kier alpha value is -2.33. The normalized spacial score (nSPS) is 12.3. The Labute approximate surface area is 105 Å². The quantitative estimate of drug-likeness (QED) is 0.516. The molecule has 11 heteroatoms. The Morgan fingerprint density at radius 2 is 1.60 bits per heavy atom. The first-order chi connectivity index (χ1) is 8.85.